The first-order chi connectivity index (χ1) is 7.22. The SMILES string of the molecule is CCN1CCC(CNC/C=C/C(=O)O)C1. The number of rotatable bonds is 6. The van der Waals surface area contributed by atoms with Crippen LogP contribution in [-0.2, 0) is 4.79 Å². The molecule has 1 heterocycles. The fourth-order valence-electron chi connectivity index (χ4n) is 1.90. The highest BCUT2D eigenvalue weighted by molar-refractivity contribution is 5.79. The van der Waals surface area contributed by atoms with Gasteiger partial charge in [0.1, 0.15) is 0 Å². The van der Waals surface area contributed by atoms with Crippen molar-refractivity contribution in [1.29, 1.82) is 0 Å². The molecule has 0 aromatic carbocycles. The van der Waals surface area contributed by atoms with Gasteiger partial charge < -0.3 is 15.3 Å². The summed E-state index contributed by atoms with van der Waals surface area (Å²) in [6.45, 7) is 7.33. The monoisotopic (exact) mass is 212 g/mol. The van der Waals surface area contributed by atoms with Crippen LogP contribution in [0.2, 0.25) is 0 Å². The molecule has 0 saturated carbocycles. The summed E-state index contributed by atoms with van der Waals surface area (Å²) in [5.74, 6) is -0.155. The van der Waals surface area contributed by atoms with Crippen molar-refractivity contribution in [2.24, 2.45) is 5.92 Å². The van der Waals surface area contributed by atoms with E-state index in [0.717, 1.165) is 19.0 Å². The van der Waals surface area contributed by atoms with Crippen molar-refractivity contribution in [3.8, 4) is 0 Å². The Balaban J connectivity index is 2.04. The van der Waals surface area contributed by atoms with Crippen molar-refractivity contribution in [2.45, 2.75) is 13.3 Å². The summed E-state index contributed by atoms with van der Waals surface area (Å²) in [6.07, 6.45) is 4.08. The molecule has 1 aliphatic rings. The first-order valence-electron chi connectivity index (χ1n) is 5.55. The average molecular weight is 212 g/mol. The molecule has 0 amide bonds. The second kappa shape index (κ2) is 6.58. The molecule has 0 radical (unpaired) electrons. The van der Waals surface area contributed by atoms with Gasteiger partial charge in [-0.1, -0.05) is 13.0 Å². The van der Waals surface area contributed by atoms with Gasteiger partial charge in [-0.3, -0.25) is 0 Å². The van der Waals surface area contributed by atoms with Crippen molar-refractivity contribution in [3.05, 3.63) is 12.2 Å². The molecule has 4 heteroatoms. The minimum absolute atomic E-state index is 0.648. The standard InChI is InChI=1S/C11H20N2O2/c1-2-13-7-5-10(9-13)8-12-6-3-4-11(14)15/h3-4,10,12H,2,5-9H2,1H3,(H,14,15)/b4-3+. The molecule has 1 aliphatic heterocycles. The molecule has 0 aromatic heterocycles. The minimum Gasteiger partial charge on any atom is -0.478 e. The zero-order valence-corrected chi connectivity index (χ0v) is 9.28. The van der Waals surface area contributed by atoms with E-state index in [9.17, 15) is 4.79 Å². The summed E-state index contributed by atoms with van der Waals surface area (Å²) >= 11 is 0. The number of likely N-dealkylation sites (tertiary alicyclic amines) is 1. The van der Waals surface area contributed by atoms with Crippen molar-refractivity contribution in [3.63, 3.8) is 0 Å². The van der Waals surface area contributed by atoms with Gasteiger partial charge in [0.05, 0.1) is 0 Å². The van der Waals surface area contributed by atoms with E-state index in [1.165, 1.54) is 25.6 Å². The maximum absolute atomic E-state index is 10.2. The Bertz CT molecular complexity index is 229. The van der Waals surface area contributed by atoms with Crippen LogP contribution < -0.4 is 5.32 Å². The second-order valence-electron chi connectivity index (χ2n) is 3.95. The smallest absolute Gasteiger partial charge is 0.328 e. The largest absolute Gasteiger partial charge is 0.478 e. The van der Waals surface area contributed by atoms with Crippen LogP contribution in [0.3, 0.4) is 0 Å². The lowest BCUT2D eigenvalue weighted by Gasteiger charge is -2.12. The molecule has 1 rings (SSSR count). The van der Waals surface area contributed by atoms with E-state index in [0.29, 0.717) is 6.54 Å². The lowest BCUT2D eigenvalue weighted by atomic mass is 10.1. The molecule has 1 saturated heterocycles. The topological polar surface area (TPSA) is 52.6 Å². The van der Waals surface area contributed by atoms with Gasteiger partial charge in [0.15, 0.2) is 0 Å². The fraction of sp³-hybridized carbons (Fsp3) is 0.727. The lowest BCUT2D eigenvalue weighted by Crippen LogP contribution is -2.26. The minimum atomic E-state index is -0.880. The number of carboxylic acids is 1. The summed E-state index contributed by atoms with van der Waals surface area (Å²) in [6, 6.07) is 0. The number of nitrogens with one attached hydrogen (secondary N) is 1. The molecular weight excluding hydrogens is 192 g/mol. The van der Waals surface area contributed by atoms with Gasteiger partial charge in [-0.15, -0.1) is 0 Å². The maximum Gasteiger partial charge on any atom is 0.328 e. The number of nitrogens with zero attached hydrogens (tertiary/aromatic N) is 1. The number of aliphatic carboxylic acids is 1. The third-order valence-electron chi connectivity index (χ3n) is 2.77. The van der Waals surface area contributed by atoms with E-state index in [1.54, 1.807) is 6.08 Å². The number of carboxylic acid groups (broad SMARTS) is 1. The van der Waals surface area contributed by atoms with Gasteiger partial charge in [0.25, 0.3) is 0 Å². The second-order valence-corrected chi connectivity index (χ2v) is 3.95. The normalized spacial score (nSPS) is 22.6. The van der Waals surface area contributed by atoms with Crippen LogP contribution in [0, 0.1) is 5.92 Å². The fourth-order valence-corrected chi connectivity index (χ4v) is 1.90. The number of hydrogen-bond donors (Lipinski definition) is 2. The predicted octanol–water partition coefficient (Wildman–Crippen LogP) is 0.559. The molecule has 4 nitrogen and oxygen atoms in total. The average Bonchev–Trinajstić information content (AvgIpc) is 2.65. The summed E-state index contributed by atoms with van der Waals surface area (Å²) in [5.41, 5.74) is 0. The molecule has 2 N–H and O–H groups in total. The van der Waals surface area contributed by atoms with Gasteiger partial charge in [-0.05, 0) is 32.0 Å². The Morgan fingerprint density at radius 1 is 1.67 bits per heavy atom. The summed E-state index contributed by atoms with van der Waals surface area (Å²) in [5, 5.41) is 11.6. The van der Waals surface area contributed by atoms with E-state index < -0.39 is 5.97 Å². The van der Waals surface area contributed by atoms with Crippen LogP contribution in [0.15, 0.2) is 12.2 Å². The van der Waals surface area contributed by atoms with Crippen LogP contribution in [-0.4, -0.2) is 48.7 Å². The van der Waals surface area contributed by atoms with E-state index in [1.807, 2.05) is 0 Å². The first kappa shape index (κ1) is 12.2. The molecule has 1 unspecified atom stereocenters. The van der Waals surface area contributed by atoms with Gasteiger partial charge in [-0.25, -0.2) is 4.79 Å². The number of hydrogen-bond acceptors (Lipinski definition) is 3. The van der Waals surface area contributed by atoms with Gasteiger partial charge in [0, 0.05) is 19.2 Å². The Labute approximate surface area is 91.0 Å². The van der Waals surface area contributed by atoms with Crippen molar-refractivity contribution >= 4 is 5.97 Å². The zero-order chi connectivity index (χ0) is 11.1. The van der Waals surface area contributed by atoms with Crippen LogP contribution in [0.4, 0.5) is 0 Å². The molecular formula is C11H20N2O2. The van der Waals surface area contributed by atoms with Crippen LogP contribution in [0.25, 0.3) is 0 Å². The van der Waals surface area contributed by atoms with Crippen molar-refractivity contribution < 1.29 is 9.90 Å². The molecule has 15 heavy (non-hydrogen) atoms. The molecule has 86 valence electrons. The van der Waals surface area contributed by atoms with Crippen LogP contribution in [0.5, 0.6) is 0 Å². The molecule has 1 fully saturated rings. The Hall–Kier alpha value is -0.870. The number of carbonyl (C=O) groups is 1. The van der Waals surface area contributed by atoms with Crippen LogP contribution >= 0.6 is 0 Å². The molecule has 0 spiro atoms. The van der Waals surface area contributed by atoms with E-state index in [4.69, 9.17) is 5.11 Å². The molecule has 0 aliphatic carbocycles. The third kappa shape index (κ3) is 4.95. The van der Waals surface area contributed by atoms with Crippen molar-refractivity contribution in [2.75, 3.05) is 32.7 Å². The summed E-state index contributed by atoms with van der Waals surface area (Å²) in [7, 11) is 0. The molecule has 0 aromatic rings. The quantitative estimate of drug-likeness (QED) is 0.499. The Morgan fingerprint density at radius 3 is 3.07 bits per heavy atom. The van der Waals surface area contributed by atoms with Gasteiger partial charge in [-0.2, -0.15) is 0 Å². The van der Waals surface area contributed by atoms with Crippen LogP contribution in [0.1, 0.15) is 13.3 Å². The highest BCUT2D eigenvalue weighted by atomic mass is 16.4. The zero-order valence-electron chi connectivity index (χ0n) is 9.28. The Morgan fingerprint density at radius 2 is 2.47 bits per heavy atom. The third-order valence-corrected chi connectivity index (χ3v) is 2.77. The molecule has 0 bridgehead atoms. The highest BCUT2D eigenvalue weighted by Gasteiger charge is 2.19. The summed E-state index contributed by atoms with van der Waals surface area (Å²) in [4.78, 5) is 12.6. The van der Waals surface area contributed by atoms with Gasteiger partial charge >= 0.3 is 5.97 Å². The Kier molecular flexibility index (Phi) is 5.36. The van der Waals surface area contributed by atoms with E-state index in [2.05, 4.69) is 17.1 Å². The van der Waals surface area contributed by atoms with E-state index in [-0.39, 0.29) is 0 Å². The molecule has 1 atom stereocenters. The first-order valence-corrected chi connectivity index (χ1v) is 5.55. The predicted molar refractivity (Wildman–Crippen MR) is 59.9 cm³/mol. The maximum atomic E-state index is 10.2. The lowest BCUT2D eigenvalue weighted by molar-refractivity contribution is -0.131. The van der Waals surface area contributed by atoms with Crippen molar-refractivity contribution in [1.82, 2.24) is 10.2 Å². The summed E-state index contributed by atoms with van der Waals surface area (Å²) < 4.78 is 0. The highest BCUT2D eigenvalue weighted by Crippen LogP contribution is 2.14. The van der Waals surface area contributed by atoms with Gasteiger partial charge in [0.2, 0.25) is 0 Å². The van der Waals surface area contributed by atoms with E-state index >= 15 is 0 Å².